The van der Waals surface area contributed by atoms with Crippen molar-refractivity contribution in [3.63, 3.8) is 0 Å². The van der Waals surface area contributed by atoms with Crippen LogP contribution >= 0.6 is 11.5 Å². The first kappa shape index (κ1) is 19.5. The van der Waals surface area contributed by atoms with Crippen molar-refractivity contribution in [3.05, 3.63) is 35.5 Å². The van der Waals surface area contributed by atoms with E-state index in [1.165, 1.54) is 0 Å². The van der Waals surface area contributed by atoms with Gasteiger partial charge < -0.3 is 0 Å². The highest BCUT2D eigenvalue weighted by atomic mass is 32.1. The number of hydrogen-bond donors (Lipinski definition) is 0. The van der Waals surface area contributed by atoms with Crippen LogP contribution in [-0.2, 0) is 5.67 Å². The summed E-state index contributed by atoms with van der Waals surface area (Å²) < 4.78 is 122. The van der Waals surface area contributed by atoms with Gasteiger partial charge in [0.15, 0.2) is 0 Å². The van der Waals surface area contributed by atoms with Crippen molar-refractivity contribution >= 4 is 11.5 Å². The zero-order chi connectivity index (χ0) is 19.3. The Morgan fingerprint density at radius 2 is 1.48 bits per heavy atom. The van der Waals surface area contributed by atoms with Crippen molar-refractivity contribution in [2.24, 2.45) is 0 Å². The van der Waals surface area contributed by atoms with Crippen LogP contribution in [0.3, 0.4) is 0 Å². The van der Waals surface area contributed by atoms with Gasteiger partial charge in [0.1, 0.15) is 0 Å². The number of alkyl halides is 9. The highest BCUT2D eigenvalue weighted by Crippen LogP contribution is 2.59. The minimum absolute atomic E-state index is 0.0826. The van der Waals surface area contributed by atoms with E-state index in [1.54, 1.807) is 0 Å². The number of hydrogen-bond acceptors (Lipinski definition) is 3. The van der Waals surface area contributed by atoms with Gasteiger partial charge in [-0.1, -0.05) is 22.7 Å². The smallest absolute Gasteiger partial charge is 0.221 e. The van der Waals surface area contributed by atoms with Crippen molar-refractivity contribution in [1.29, 1.82) is 0 Å². The molecular formula is C13H7F9N2S. The van der Waals surface area contributed by atoms with E-state index in [0.717, 1.165) is 25.3 Å². The van der Waals surface area contributed by atoms with E-state index in [4.69, 9.17) is 0 Å². The summed E-state index contributed by atoms with van der Waals surface area (Å²) in [5, 5.41) is 3.39. The van der Waals surface area contributed by atoms with Crippen LogP contribution in [0.15, 0.2) is 24.4 Å². The van der Waals surface area contributed by atoms with Crippen LogP contribution in [0.1, 0.15) is 11.1 Å². The summed E-state index contributed by atoms with van der Waals surface area (Å²) in [6, 6.07) is 2.14. The number of aromatic nitrogens is 2. The van der Waals surface area contributed by atoms with Crippen LogP contribution in [0.2, 0.25) is 0 Å². The summed E-state index contributed by atoms with van der Waals surface area (Å²) in [7, 11) is 0. The monoisotopic (exact) mass is 394 g/mol. The summed E-state index contributed by atoms with van der Waals surface area (Å²) in [5.74, 6) is -6.70. The number of nitrogens with zero attached hydrogens (tertiary/aromatic N) is 2. The molecule has 0 spiro atoms. The van der Waals surface area contributed by atoms with Gasteiger partial charge in [0.2, 0.25) is 0 Å². The molecule has 0 aliphatic heterocycles. The molecule has 0 aliphatic carbocycles. The predicted octanol–water partition coefficient (Wildman–Crippen LogP) is 5.44. The fourth-order valence-corrected chi connectivity index (χ4v) is 2.85. The molecule has 1 heterocycles. The maximum Gasteiger partial charge on any atom is 0.457 e. The molecule has 0 amide bonds. The molecule has 1 aromatic carbocycles. The molecule has 0 saturated heterocycles. The summed E-state index contributed by atoms with van der Waals surface area (Å²) >= 11 is 0.656. The van der Waals surface area contributed by atoms with E-state index in [-0.39, 0.29) is 16.5 Å². The van der Waals surface area contributed by atoms with Crippen molar-refractivity contribution < 1.29 is 39.5 Å². The van der Waals surface area contributed by atoms with Crippen molar-refractivity contribution in [1.82, 2.24) is 9.59 Å². The van der Waals surface area contributed by atoms with Gasteiger partial charge in [0, 0.05) is 5.56 Å². The normalized spacial score (nSPS) is 15.9. The van der Waals surface area contributed by atoms with Crippen LogP contribution in [-0.4, -0.2) is 27.9 Å². The van der Waals surface area contributed by atoms with Gasteiger partial charge in [-0.15, -0.1) is 5.10 Å². The van der Waals surface area contributed by atoms with E-state index in [1.807, 2.05) is 0 Å². The Bertz CT molecular complexity index is 752. The fraction of sp³-hybridized carbons (Fsp3) is 0.385. The molecule has 2 aromatic rings. The molecule has 2 rings (SSSR count). The fourth-order valence-electron chi connectivity index (χ4n) is 2.26. The van der Waals surface area contributed by atoms with E-state index in [2.05, 4.69) is 9.59 Å². The molecule has 1 unspecified atom stereocenters. The SMILES string of the molecule is Cc1c(-c2cnns2)cccc1C(F)(C(F)(F)F)C(F)(F)C(F)(F)F. The van der Waals surface area contributed by atoms with E-state index >= 15 is 0 Å². The van der Waals surface area contributed by atoms with Gasteiger partial charge in [-0.2, -0.15) is 35.1 Å². The van der Waals surface area contributed by atoms with Gasteiger partial charge in [-0.05, 0) is 29.6 Å². The molecule has 1 aromatic heterocycles. The van der Waals surface area contributed by atoms with Crippen LogP contribution in [0.4, 0.5) is 39.5 Å². The second-order valence-electron chi connectivity index (χ2n) is 4.99. The first-order chi connectivity index (χ1) is 11.2. The quantitative estimate of drug-likeness (QED) is 0.648. The molecule has 0 bridgehead atoms. The lowest BCUT2D eigenvalue weighted by molar-refractivity contribution is -0.389. The molecule has 0 saturated carbocycles. The van der Waals surface area contributed by atoms with Crippen LogP contribution < -0.4 is 0 Å². The first-order valence-electron chi connectivity index (χ1n) is 6.33. The molecule has 138 valence electrons. The standard InChI is InChI=1S/C13H7F9N2S/c1-6-7(9-5-23-24-25-9)3-2-4-8(6)10(14,12(17,18)19)11(15,16)13(20,21)22/h2-5H,1H3. The molecule has 2 nitrogen and oxygen atoms in total. The zero-order valence-corrected chi connectivity index (χ0v) is 12.8. The Labute approximate surface area is 138 Å². The maximum absolute atomic E-state index is 14.6. The van der Waals surface area contributed by atoms with Crippen LogP contribution in [0, 0.1) is 6.92 Å². The Hall–Kier alpha value is -1.85. The highest BCUT2D eigenvalue weighted by molar-refractivity contribution is 7.09. The molecule has 0 N–H and O–H groups in total. The van der Waals surface area contributed by atoms with Crippen LogP contribution in [0.25, 0.3) is 10.4 Å². The maximum atomic E-state index is 14.6. The third kappa shape index (κ3) is 2.85. The minimum atomic E-state index is -6.76. The molecule has 12 heteroatoms. The van der Waals surface area contributed by atoms with Gasteiger partial charge >= 0.3 is 23.9 Å². The molecule has 0 aliphatic rings. The van der Waals surface area contributed by atoms with Crippen molar-refractivity contribution in [2.75, 3.05) is 0 Å². The van der Waals surface area contributed by atoms with E-state index in [9.17, 15) is 39.5 Å². The largest absolute Gasteiger partial charge is 0.457 e. The molecular weight excluding hydrogens is 387 g/mol. The molecule has 0 fully saturated rings. The lowest BCUT2D eigenvalue weighted by Crippen LogP contribution is -2.60. The van der Waals surface area contributed by atoms with E-state index in [0.29, 0.717) is 11.5 Å². The minimum Gasteiger partial charge on any atom is -0.221 e. The topological polar surface area (TPSA) is 25.8 Å². The molecule has 0 radical (unpaired) electrons. The zero-order valence-electron chi connectivity index (χ0n) is 12.0. The Morgan fingerprint density at radius 3 is 1.92 bits per heavy atom. The Kier molecular flexibility index (Phi) is 4.56. The summed E-state index contributed by atoms with van der Waals surface area (Å²) in [4.78, 5) is 0.0826. The highest BCUT2D eigenvalue weighted by Gasteiger charge is 2.82. The Morgan fingerprint density at radius 1 is 0.880 bits per heavy atom. The van der Waals surface area contributed by atoms with Gasteiger partial charge in [-0.25, -0.2) is 4.39 Å². The van der Waals surface area contributed by atoms with Gasteiger partial charge in [0.25, 0.3) is 0 Å². The number of rotatable bonds is 3. The van der Waals surface area contributed by atoms with Gasteiger partial charge in [0.05, 0.1) is 11.1 Å². The third-order valence-electron chi connectivity index (χ3n) is 3.51. The number of benzene rings is 1. The molecule has 25 heavy (non-hydrogen) atoms. The molecule has 1 atom stereocenters. The van der Waals surface area contributed by atoms with Crippen molar-refractivity contribution in [2.45, 2.75) is 30.9 Å². The van der Waals surface area contributed by atoms with Gasteiger partial charge in [-0.3, -0.25) is 0 Å². The summed E-state index contributed by atoms with van der Waals surface area (Å²) in [6.45, 7) is 0.816. The first-order valence-corrected chi connectivity index (χ1v) is 7.10. The lowest BCUT2D eigenvalue weighted by atomic mass is 9.83. The Balaban J connectivity index is 2.80. The van der Waals surface area contributed by atoms with Crippen LogP contribution in [0.5, 0.6) is 0 Å². The van der Waals surface area contributed by atoms with E-state index < -0.39 is 35.1 Å². The average molecular weight is 394 g/mol. The second kappa shape index (κ2) is 5.85. The summed E-state index contributed by atoms with van der Waals surface area (Å²) in [5.41, 5.74) is -8.70. The van der Waals surface area contributed by atoms with Crippen molar-refractivity contribution in [3.8, 4) is 10.4 Å². The average Bonchev–Trinajstić information content (AvgIpc) is 2.98. The third-order valence-corrected chi connectivity index (χ3v) is 4.21. The lowest BCUT2D eigenvalue weighted by Gasteiger charge is -2.37. The number of halogens is 9. The predicted molar refractivity (Wildman–Crippen MR) is 69.9 cm³/mol. The second-order valence-corrected chi connectivity index (χ2v) is 5.77. The summed E-state index contributed by atoms with van der Waals surface area (Å²) in [6.07, 6.45) is -12.2.